The number of carbonyl (C=O) groups is 1. The van der Waals surface area contributed by atoms with E-state index in [4.69, 9.17) is 4.98 Å². The SMILES string of the molecule is O=C(CSc1nc2c(c(=O)n1-c1ccccc1)SCC2)N1CCCc2ccccc21. The van der Waals surface area contributed by atoms with Crippen LogP contribution in [0.15, 0.2) is 69.4 Å². The lowest BCUT2D eigenvalue weighted by atomic mass is 10.0. The summed E-state index contributed by atoms with van der Waals surface area (Å²) in [5.74, 6) is 1.18. The molecular weight excluding hydrogens is 414 g/mol. The van der Waals surface area contributed by atoms with Crippen molar-refractivity contribution in [3.63, 3.8) is 0 Å². The number of aryl methyl sites for hydroxylation is 2. The maximum Gasteiger partial charge on any atom is 0.272 e. The highest BCUT2D eigenvalue weighted by Gasteiger charge is 2.25. The number of rotatable bonds is 4. The summed E-state index contributed by atoms with van der Waals surface area (Å²) in [7, 11) is 0. The number of hydrogen-bond donors (Lipinski definition) is 0. The molecule has 5 rings (SSSR count). The van der Waals surface area contributed by atoms with E-state index in [0.29, 0.717) is 5.16 Å². The zero-order chi connectivity index (χ0) is 20.5. The zero-order valence-corrected chi connectivity index (χ0v) is 18.0. The van der Waals surface area contributed by atoms with Gasteiger partial charge in [0.1, 0.15) is 0 Å². The lowest BCUT2D eigenvalue weighted by Crippen LogP contribution is -2.36. The molecule has 0 atom stereocenters. The Kier molecular flexibility index (Phi) is 5.39. The van der Waals surface area contributed by atoms with Crippen molar-refractivity contribution in [2.45, 2.75) is 29.3 Å². The van der Waals surface area contributed by atoms with Gasteiger partial charge in [-0.2, -0.15) is 0 Å². The molecule has 5 nitrogen and oxygen atoms in total. The Morgan fingerprint density at radius 2 is 1.87 bits per heavy atom. The van der Waals surface area contributed by atoms with E-state index in [2.05, 4.69) is 6.07 Å². The summed E-state index contributed by atoms with van der Waals surface area (Å²) in [5.41, 5.74) is 3.83. The van der Waals surface area contributed by atoms with Crippen LogP contribution in [0.5, 0.6) is 0 Å². The summed E-state index contributed by atoms with van der Waals surface area (Å²) in [5, 5.41) is 0.589. The van der Waals surface area contributed by atoms with Crippen molar-refractivity contribution in [1.29, 1.82) is 0 Å². The number of para-hydroxylation sites is 2. The molecular formula is C23H21N3O2S2. The van der Waals surface area contributed by atoms with Gasteiger partial charge in [-0.1, -0.05) is 48.2 Å². The van der Waals surface area contributed by atoms with E-state index in [1.54, 1.807) is 16.3 Å². The van der Waals surface area contributed by atoms with Crippen molar-refractivity contribution >= 4 is 35.1 Å². The number of benzene rings is 2. The normalized spacial score (nSPS) is 15.0. The Morgan fingerprint density at radius 3 is 2.73 bits per heavy atom. The van der Waals surface area contributed by atoms with E-state index in [1.165, 1.54) is 17.3 Å². The smallest absolute Gasteiger partial charge is 0.272 e. The molecule has 0 unspecified atom stereocenters. The minimum Gasteiger partial charge on any atom is -0.311 e. The number of anilines is 1. The van der Waals surface area contributed by atoms with Gasteiger partial charge in [0, 0.05) is 24.4 Å². The topological polar surface area (TPSA) is 55.2 Å². The number of hydrogen-bond acceptors (Lipinski definition) is 5. The van der Waals surface area contributed by atoms with Gasteiger partial charge in [-0.25, -0.2) is 4.98 Å². The standard InChI is InChI=1S/C23H21N3O2S2/c27-20(25-13-6-8-16-7-4-5-11-19(16)25)15-30-23-24-18-12-14-29-21(18)22(28)26(23)17-9-2-1-3-10-17/h1-5,7,9-11H,6,8,12-15H2. The van der Waals surface area contributed by atoms with Crippen LogP contribution in [-0.2, 0) is 17.6 Å². The minimum absolute atomic E-state index is 0.0352. The molecule has 0 bridgehead atoms. The highest BCUT2D eigenvalue weighted by Crippen LogP contribution is 2.31. The summed E-state index contributed by atoms with van der Waals surface area (Å²) < 4.78 is 1.65. The van der Waals surface area contributed by atoms with Gasteiger partial charge in [-0.15, -0.1) is 11.8 Å². The zero-order valence-electron chi connectivity index (χ0n) is 16.4. The number of fused-ring (bicyclic) bond motifs is 2. The van der Waals surface area contributed by atoms with Gasteiger partial charge in [-0.3, -0.25) is 14.2 Å². The number of thioether (sulfide) groups is 2. The van der Waals surface area contributed by atoms with Crippen molar-refractivity contribution in [1.82, 2.24) is 9.55 Å². The molecule has 3 heterocycles. The van der Waals surface area contributed by atoms with Crippen LogP contribution < -0.4 is 10.5 Å². The number of carbonyl (C=O) groups excluding carboxylic acids is 1. The predicted octanol–water partition coefficient (Wildman–Crippen LogP) is 3.95. The van der Waals surface area contributed by atoms with Crippen LogP contribution in [0.4, 0.5) is 5.69 Å². The molecule has 0 spiro atoms. The summed E-state index contributed by atoms with van der Waals surface area (Å²) >= 11 is 2.92. The second-order valence-electron chi connectivity index (χ2n) is 7.31. The molecule has 1 amide bonds. The molecule has 1 aromatic heterocycles. The van der Waals surface area contributed by atoms with E-state index in [9.17, 15) is 9.59 Å². The number of amides is 1. The third kappa shape index (κ3) is 3.56. The molecule has 0 fully saturated rings. The van der Waals surface area contributed by atoms with Crippen LogP contribution in [0, 0.1) is 0 Å². The average molecular weight is 436 g/mol. The second kappa shape index (κ2) is 8.32. The maximum atomic E-state index is 13.2. The highest BCUT2D eigenvalue weighted by atomic mass is 32.2. The quantitative estimate of drug-likeness (QED) is 0.459. The summed E-state index contributed by atoms with van der Waals surface area (Å²) in [6.07, 6.45) is 2.77. The van der Waals surface area contributed by atoms with Crippen molar-refractivity contribution in [2.75, 3.05) is 23.0 Å². The van der Waals surface area contributed by atoms with Gasteiger partial charge < -0.3 is 4.90 Å². The first-order valence-corrected chi connectivity index (χ1v) is 12.0. The lowest BCUT2D eigenvalue weighted by molar-refractivity contribution is -0.116. The van der Waals surface area contributed by atoms with E-state index in [1.807, 2.05) is 53.4 Å². The van der Waals surface area contributed by atoms with Gasteiger partial charge in [-0.05, 0) is 36.6 Å². The Balaban J connectivity index is 1.45. The molecule has 30 heavy (non-hydrogen) atoms. The minimum atomic E-state index is -0.0352. The molecule has 0 saturated heterocycles. The third-order valence-electron chi connectivity index (χ3n) is 5.42. The molecule has 2 aromatic carbocycles. The first kappa shape index (κ1) is 19.5. The van der Waals surface area contributed by atoms with Crippen LogP contribution in [0.2, 0.25) is 0 Å². The van der Waals surface area contributed by atoms with Gasteiger partial charge in [0.15, 0.2) is 5.16 Å². The molecule has 7 heteroatoms. The van der Waals surface area contributed by atoms with E-state index < -0.39 is 0 Å². The van der Waals surface area contributed by atoms with Crippen molar-refractivity contribution < 1.29 is 4.79 Å². The Bertz CT molecular complexity index is 1160. The fourth-order valence-electron chi connectivity index (χ4n) is 3.99. The molecule has 152 valence electrons. The van der Waals surface area contributed by atoms with Crippen LogP contribution in [0.1, 0.15) is 17.7 Å². The third-order valence-corrected chi connectivity index (χ3v) is 7.45. The van der Waals surface area contributed by atoms with Gasteiger partial charge in [0.2, 0.25) is 5.91 Å². The fourth-order valence-corrected chi connectivity index (χ4v) is 5.92. The molecule has 0 radical (unpaired) electrons. The van der Waals surface area contributed by atoms with Gasteiger partial charge in [0.05, 0.1) is 22.0 Å². The van der Waals surface area contributed by atoms with Crippen LogP contribution >= 0.6 is 23.5 Å². The van der Waals surface area contributed by atoms with Gasteiger partial charge >= 0.3 is 0 Å². The Labute approximate surface area is 183 Å². The molecule has 0 aliphatic carbocycles. The fraction of sp³-hybridized carbons (Fsp3) is 0.261. The summed E-state index contributed by atoms with van der Waals surface area (Å²) in [6, 6.07) is 17.7. The summed E-state index contributed by atoms with van der Waals surface area (Å²) in [4.78, 5) is 33.7. The van der Waals surface area contributed by atoms with Crippen LogP contribution in [0.25, 0.3) is 5.69 Å². The molecule has 2 aliphatic heterocycles. The highest BCUT2D eigenvalue weighted by molar-refractivity contribution is 8.00. The summed E-state index contributed by atoms with van der Waals surface area (Å²) in [6.45, 7) is 0.732. The average Bonchev–Trinajstić information content (AvgIpc) is 3.27. The number of nitrogens with zero attached hydrogens (tertiary/aromatic N) is 3. The Morgan fingerprint density at radius 1 is 1.07 bits per heavy atom. The molecule has 2 aliphatic rings. The molecule has 0 saturated carbocycles. The van der Waals surface area contributed by atoms with E-state index in [-0.39, 0.29) is 17.2 Å². The molecule has 3 aromatic rings. The van der Waals surface area contributed by atoms with Crippen LogP contribution in [-0.4, -0.2) is 33.5 Å². The predicted molar refractivity (Wildman–Crippen MR) is 122 cm³/mol. The lowest BCUT2D eigenvalue weighted by Gasteiger charge is -2.29. The van der Waals surface area contributed by atoms with E-state index >= 15 is 0 Å². The van der Waals surface area contributed by atoms with Crippen molar-refractivity contribution in [3.8, 4) is 5.69 Å². The molecule has 0 N–H and O–H groups in total. The van der Waals surface area contributed by atoms with E-state index in [0.717, 1.165) is 53.5 Å². The maximum absolute atomic E-state index is 13.2. The van der Waals surface area contributed by atoms with Crippen molar-refractivity contribution in [2.24, 2.45) is 0 Å². The second-order valence-corrected chi connectivity index (χ2v) is 9.36. The monoisotopic (exact) mass is 435 g/mol. The Hall–Kier alpha value is -2.51. The number of aromatic nitrogens is 2. The van der Waals surface area contributed by atoms with Gasteiger partial charge in [0.25, 0.3) is 5.56 Å². The van der Waals surface area contributed by atoms with Crippen molar-refractivity contribution in [3.05, 3.63) is 76.2 Å². The van der Waals surface area contributed by atoms with Crippen LogP contribution in [0.3, 0.4) is 0 Å². The first-order chi connectivity index (χ1) is 14.7. The first-order valence-electron chi connectivity index (χ1n) is 10.1. The largest absolute Gasteiger partial charge is 0.311 e.